The van der Waals surface area contributed by atoms with Crippen LogP contribution in [0, 0.1) is 11.8 Å². The van der Waals surface area contributed by atoms with Crippen LogP contribution in [0.25, 0.3) is 0 Å². The van der Waals surface area contributed by atoms with Crippen molar-refractivity contribution in [3.8, 4) is 0 Å². The Morgan fingerprint density at radius 2 is 1.30 bits per heavy atom. The molecule has 2 heterocycles. The first-order chi connectivity index (χ1) is 20.8. The van der Waals surface area contributed by atoms with Crippen LogP contribution < -0.4 is 0 Å². The standard InChI is InChI=1S/C30H52O14/c1-6-7-8-9-10-11-12-13-21(34)40-25-24(42-28(38)18(4)5)23(41-27(37)17(2)3)20(15-32)39-29(25)44-30(16-33)26(36)22(35)19(14-31)43-30/h17-20,22-26,29,31-33,35-36H,6-16H2,1-5H3/t19-,20-,22+,23+,24+,25-,26+,29+,30+/m0/s1. The summed E-state index contributed by atoms with van der Waals surface area (Å²) in [6.45, 7) is 5.88. The second-order valence-corrected chi connectivity index (χ2v) is 12.0. The maximum absolute atomic E-state index is 13.1. The third kappa shape index (κ3) is 10.0. The van der Waals surface area contributed by atoms with Crippen molar-refractivity contribution in [2.24, 2.45) is 11.8 Å². The van der Waals surface area contributed by atoms with Crippen molar-refractivity contribution in [1.82, 2.24) is 0 Å². The Morgan fingerprint density at radius 3 is 1.80 bits per heavy atom. The summed E-state index contributed by atoms with van der Waals surface area (Å²) in [6.07, 6.45) is -6.03. The predicted octanol–water partition coefficient (Wildman–Crippen LogP) is 0.710. The summed E-state index contributed by atoms with van der Waals surface area (Å²) >= 11 is 0. The van der Waals surface area contributed by atoms with Gasteiger partial charge in [-0.2, -0.15) is 0 Å². The number of aliphatic hydroxyl groups excluding tert-OH is 5. The van der Waals surface area contributed by atoms with Gasteiger partial charge in [-0.1, -0.05) is 73.1 Å². The zero-order chi connectivity index (χ0) is 33.0. The Balaban J connectivity index is 2.43. The van der Waals surface area contributed by atoms with Crippen LogP contribution in [0.1, 0.15) is 86.0 Å². The van der Waals surface area contributed by atoms with E-state index >= 15 is 0 Å². The molecule has 0 aromatic rings. The molecule has 0 saturated carbocycles. The number of esters is 3. The molecule has 2 fully saturated rings. The first kappa shape index (κ1) is 38.3. The second kappa shape index (κ2) is 18.3. The van der Waals surface area contributed by atoms with Crippen molar-refractivity contribution in [3.05, 3.63) is 0 Å². The molecule has 0 aromatic carbocycles. The largest absolute Gasteiger partial charge is 0.455 e. The molecule has 14 heteroatoms. The Morgan fingerprint density at radius 1 is 0.750 bits per heavy atom. The molecule has 256 valence electrons. The van der Waals surface area contributed by atoms with Crippen LogP contribution >= 0.6 is 0 Å². The van der Waals surface area contributed by atoms with E-state index < -0.39 is 104 Å². The second-order valence-electron chi connectivity index (χ2n) is 12.0. The summed E-state index contributed by atoms with van der Waals surface area (Å²) in [5, 5.41) is 51.1. The van der Waals surface area contributed by atoms with Crippen molar-refractivity contribution < 1.29 is 68.3 Å². The first-order valence-corrected chi connectivity index (χ1v) is 15.7. The predicted molar refractivity (Wildman–Crippen MR) is 153 cm³/mol. The van der Waals surface area contributed by atoms with Gasteiger partial charge in [0.05, 0.1) is 25.0 Å². The quantitative estimate of drug-likeness (QED) is 0.0798. The maximum Gasteiger partial charge on any atom is 0.308 e. The average Bonchev–Trinajstić information content (AvgIpc) is 3.23. The molecule has 2 rings (SSSR count). The van der Waals surface area contributed by atoms with Gasteiger partial charge in [-0.15, -0.1) is 0 Å². The van der Waals surface area contributed by atoms with E-state index in [1.54, 1.807) is 27.7 Å². The molecule has 0 spiro atoms. The number of ether oxygens (including phenoxy) is 6. The van der Waals surface area contributed by atoms with Gasteiger partial charge in [-0.25, -0.2) is 0 Å². The van der Waals surface area contributed by atoms with Crippen LogP contribution in [-0.4, -0.2) is 118 Å². The van der Waals surface area contributed by atoms with E-state index in [1.165, 1.54) is 0 Å². The first-order valence-electron chi connectivity index (χ1n) is 15.7. The summed E-state index contributed by atoms with van der Waals surface area (Å²) in [7, 11) is 0. The van der Waals surface area contributed by atoms with Crippen LogP contribution in [0.2, 0.25) is 0 Å². The average molecular weight is 637 g/mol. The molecule has 2 aliphatic heterocycles. The topological polar surface area (TPSA) is 208 Å². The lowest BCUT2D eigenvalue weighted by atomic mass is 9.97. The molecule has 9 atom stereocenters. The molecule has 0 bridgehead atoms. The Hall–Kier alpha value is -1.91. The molecular weight excluding hydrogens is 584 g/mol. The normalized spacial score (nSPS) is 32.2. The van der Waals surface area contributed by atoms with Gasteiger partial charge in [0.1, 0.15) is 31.0 Å². The summed E-state index contributed by atoms with van der Waals surface area (Å²) in [4.78, 5) is 38.6. The molecular formula is C30H52O14. The minimum absolute atomic E-state index is 0.00269. The molecule has 44 heavy (non-hydrogen) atoms. The maximum atomic E-state index is 13.1. The summed E-state index contributed by atoms with van der Waals surface area (Å²) in [6, 6.07) is 0. The molecule has 0 radical (unpaired) electrons. The van der Waals surface area contributed by atoms with E-state index in [2.05, 4.69) is 6.92 Å². The summed E-state index contributed by atoms with van der Waals surface area (Å²) in [5.41, 5.74) is 0. The van der Waals surface area contributed by atoms with Gasteiger partial charge < -0.3 is 54.0 Å². The number of carbonyl (C=O) groups is 3. The van der Waals surface area contributed by atoms with Crippen LogP contribution in [0.5, 0.6) is 0 Å². The van der Waals surface area contributed by atoms with Crippen molar-refractivity contribution in [1.29, 1.82) is 0 Å². The van der Waals surface area contributed by atoms with E-state index in [0.29, 0.717) is 6.42 Å². The molecule has 2 saturated heterocycles. The van der Waals surface area contributed by atoms with Gasteiger partial charge in [0, 0.05) is 6.42 Å². The number of carbonyl (C=O) groups excluding carboxylic acids is 3. The number of hydrogen-bond donors (Lipinski definition) is 5. The third-order valence-electron chi connectivity index (χ3n) is 7.69. The van der Waals surface area contributed by atoms with Crippen molar-refractivity contribution in [2.45, 2.75) is 141 Å². The van der Waals surface area contributed by atoms with Crippen molar-refractivity contribution in [2.75, 3.05) is 19.8 Å². The van der Waals surface area contributed by atoms with Crippen LogP contribution in [0.3, 0.4) is 0 Å². The number of aliphatic hydroxyl groups is 5. The Labute approximate surface area is 258 Å². The molecule has 14 nitrogen and oxygen atoms in total. The van der Waals surface area contributed by atoms with Crippen molar-refractivity contribution in [3.63, 3.8) is 0 Å². The lowest BCUT2D eigenvalue weighted by Gasteiger charge is -2.46. The van der Waals surface area contributed by atoms with Crippen molar-refractivity contribution >= 4 is 17.9 Å². The van der Waals surface area contributed by atoms with Gasteiger partial charge in [0.25, 0.3) is 0 Å². The summed E-state index contributed by atoms with van der Waals surface area (Å²) < 4.78 is 34.3. The highest BCUT2D eigenvalue weighted by atomic mass is 16.8. The fourth-order valence-electron chi connectivity index (χ4n) is 4.97. The minimum atomic E-state index is -2.37. The van der Waals surface area contributed by atoms with Crippen LogP contribution in [0.15, 0.2) is 0 Å². The fourth-order valence-corrected chi connectivity index (χ4v) is 4.97. The smallest absolute Gasteiger partial charge is 0.308 e. The minimum Gasteiger partial charge on any atom is -0.455 e. The molecule has 2 aliphatic rings. The van der Waals surface area contributed by atoms with Crippen LogP contribution in [-0.2, 0) is 42.8 Å². The molecule has 5 N–H and O–H groups in total. The molecule has 0 amide bonds. The lowest BCUT2D eigenvalue weighted by Crippen LogP contribution is -2.65. The lowest BCUT2D eigenvalue weighted by molar-refractivity contribution is -0.384. The zero-order valence-electron chi connectivity index (χ0n) is 26.5. The fraction of sp³-hybridized carbons (Fsp3) is 0.900. The monoisotopic (exact) mass is 636 g/mol. The van der Waals surface area contributed by atoms with E-state index in [0.717, 1.165) is 38.5 Å². The molecule has 0 unspecified atom stereocenters. The van der Waals surface area contributed by atoms with E-state index in [1.807, 2.05) is 0 Å². The van der Waals surface area contributed by atoms with E-state index in [4.69, 9.17) is 28.4 Å². The molecule has 0 aliphatic carbocycles. The highest BCUT2D eigenvalue weighted by molar-refractivity contribution is 5.73. The number of rotatable bonds is 18. The highest BCUT2D eigenvalue weighted by Gasteiger charge is 2.60. The van der Waals surface area contributed by atoms with E-state index in [9.17, 15) is 39.9 Å². The van der Waals surface area contributed by atoms with Crippen LogP contribution in [0.4, 0.5) is 0 Å². The highest BCUT2D eigenvalue weighted by Crippen LogP contribution is 2.38. The summed E-state index contributed by atoms with van der Waals surface area (Å²) in [5.74, 6) is -5.78. The Bertz CT molecular complexity index is 897. The van der Waals surface area contributed by atoms with E-state index in [-0.39, 0.29) is 6.42 Å². The van der Waals surface area contributed by atoms with Gasteiger partial charge in [-0.05, 0) is 6.42 Å². The SMILES string of the molecule is CCCCCCCCCC(=O)O[C@@H]1[C@@H](O[C@@]2(CO)O[C@@H](CO)[C@@H](O)[C@H]2O)O[C@@H](CO)[C@@H](OC(=O)C(C)C)[C@H]1OC(=O)C(C)C. The zero-order valence-corrected chi connectivity index (χ0v) is 26.5. The Kier molecular flexibility index (Phi) is 15.9. The van der Waals surface area contributed by atoms with Gasteiger partial charge in [-0.3, -0.25) is 14.4 Å². The number of unbranched alkanes of at least 4 members (excludes halogenated alkanes) is 6. The van der Waals surface area contributed by atoms with Gasteiger partial charge >= 0.3 is 17.9 Å². The van der Waals surface area contributed by atoms with Gasteiger partial charge in [0.2, 0.25) is 12.1 Å². The third-order valence-corrected chi connectivity index (χ3v) is 7.69. The molecule has 0 aromatic heterocycles. The number of hydrogen-bond acceptors (Lipinski definition) is 14. The van der Waals surface area contributed by atoms with Gasteiger partial charge in [0.15, 0.2) is 18.3 Å².